The Bertz CT molecular complexity index is 1110. The summed E-state index contributed by atoms with van der Waals surface area (Å²) in [6, 6.07) is 19.5. The van der Waals surface area contributed by atoms with E-state index in [4.69, 9.17) is 14.2 Å². The number of amides is 2. The van der Waals surface area contributed by atoms with E-state index in [0.29, 0.717) is 53.6 Å². The van der Waals surface area contributed by atoms with Crippen LogP contribution in [-0.2, 0) is 6.42 Å². The molecule has 3 aromatic carbocycles. The van der Waals surface area contributed by atoms with E-state index in [0.717, 1.165) is 12.0 Å². The monoisotopic (exact) mass is 462 g/mol. The molecule has 34 heavy (non-hydrogen) atoms. The van der Waals surface area contributed by atoms with Crippen LogP contribution in [0.5, 0.6) is 17.2 Å². The molecule has 0 fully saturated rings. The lowest BCUT2D eigenvalue weighted by Gasteiger charge is -2.13. The lowest BCUT2D eigenvalue weighted by molar-refractivity contribution is 0.0955. The predicted molar refractivity (Wildman–Crippen MR) is 132 cm³/mol. The highest BCUT2D eigenvalue weighted by molar-refractivity contribution is 6.09. The van der Waals surface area contributed by atoms with Crippen LogP contribution in [-0.4, -0.2) is 39.2 Å². The first-order valence-electron chi connectivity index (χ1n) is 11.2. The number of anilines is 1. The molecule has 0 atom stereocenters. The maximum absolute atomic E-state index is 12.8. The SMILES string of the molecule is CCCOc1ccc(C(=O)Nc2ccccc2C(=O)NCCc2ccc(OC)c(OC)c2)cc1. The van der Waals surface area contributed by atoms with Gasteiger partial charge in [0.05, 0.1) is 32.1 Å². The Labute approximate surface area is 200 Å². The van der Waals surface area contributed by atoms with Crippen LogP contribution in [0.1, 0.15) is 39.6 Å². The highest BCUT2D eigenvalue weighted by Crippen LogP contribution is 2.27. The van der Waals surface area contributed by atoms with E-state index >= 15 is 0 Å². The smallest absolute Gasteiger partial charge is 0.255 e. The molecule has 0 aliphatic rings. The third kappa shape index (κ3) is 6.51. The minimum atomic E-state index is -0.299. The van der Waals surface area contributed by atoms with Crippen molar-refractivity contribution in [3.05, 3.63) is 83.4 Å². The van der Waals surface area contributed by atoms with Crippen LogP contribution in [0.3, 0.4) is 0 Å². The number of ether oxygens (including phenoxy) is 3. The van der Waals surface area contributed by atoms with Crippen LogP contribution in [0.25, 0.3) is 0 Å². The minimum absolute atomic E-state index is 0.264. The van der Waals surface area contributed by atoms with Crippen LogP contribution < -0.4 is 24.8 Å². The minimum Gasteiger partial charge on any atom is -0.494 e. The van der Waals surface area contributed by atoms with Gasteiger partial charge in [0, 0.05) is 12.1 Å². The Morgan fingerprint density at radius 2 is 1.59 bits per heavy atom. The summed E-state index contributed by atoms with van der Waals surface area (Å²) in [4.78, 5) is 25.5. The lowest BCUT2D eigenvalue weighted by atomic mass is 10.1. The summed E-state index contributed by atoms with van der Waals surface area (Å²) in [6.45, 7) is 3.08. The molecule has 7 nitrogen and oxygen atoms in total. The summed E-state index contributed by atoms with van der Waals surface area (Å²) >= 11 is 0. The molecule has 0 saturated heterocycles. The topological polar surface area (TPSA) is 85.9 Å². The van der Waals surface area contributed by atoms with E-state index in [1.165, 1.54) is 0 Å². The molecule has 178 valence electrons. The summed E-state index contributed by atoms with van der Waals surface area (Å²) in [5, 5.41) is 5.75. The van der Waals surface area contributed by atoms with Gasteiger partial charge in [-0.25, -0.2) is 0 Å². The quantitative estimate of drug-likeness (QED) is 0.431. The lowest BCUT2D eigenvalue weighted by Crippen LogP contribution is -2.27. The summed E-state index contributed by atoms with van der Waals surface area (Å²) in [5.41, 5.74) is 2.33. The zero-order chi connectivity index (χ0) is 24.3. The van der Waals surface area contributed by atoms with Crippen LogP contribution in [0, 0.1) is 0 Å². The fraction of sp³-hybridized carbons (Fsp3) is 0.259. The zero-order valence-corrected chi connectivity index (χ0v) is 19.7. The van der Waals surface area contributed by atoms with Crippen molar-refractivity contribution in [3.63, 3.8) is 0 Å². The predicted octanol–water partition coefficient (Wildman–Crippen LogP) is 4.72. The second-order valence-corrected chi connectivity index (χ2v) is 7.57. The Kier molecular flexibility index (Phi) is 8.91. The van der Waals surface area contributed by atoms with Crippen molar-refractivity contribution >= 4 is 17.5 Å². The first-order chi connectivity index (χ1) is 16.5. The molecule has 0 saturated carbocycles. The number of hydrogen-bond donors (Lipinski definition) is 2. The van der Waals surface area contributed by atoms with Crippen molar-refractivity contribution in [3.8, 4) is 17.2 Å². The fourth-order valence-electron chi connectivity index (χ4n) is 3.36. The van der Waals surface area contributed by atoms with Gasteiger partial charge in [0.2, 0.25) is 0 Å². The molecule has 2 N–H and O–H groups in total. The Morgan fingerprint density at radius 1 is 0.853 bits per heavy atom. The molecule has 0 aliphatic heterocycles. The molecular weight excluding hydrogens is 432 g/mol. The molecule has 0 bridgehead atoms. The van der Waals surface area contributed by atoms with E-state index in [2.05, 4.69) is 10.6 Å². The van der Waals surface area contributed by atoms with Crippen LogP contribution in [0.15, 0.2) is 66.7 Å². The third-order valence-corrected chi connectivity index (χ3v) is 5.16. The van der Waals surface area contributed by atoms with Gasteiger partial charge in [-0.15, -0.1) is 0 Å². The van der Waals surface area contributed by atoms with Crippen molar-refractivity contribution < 1.29 is 23.8 Å². The van der Waals surface area contributed by atoms with Crippen molar-refractivity contribution in [1.29, 1.82) is 0 Å². The van der Waals surface area contributed by atoms with Gasteiger partial charge in [0.1, 0.15) is 5.75 Å². The van der Waals surface area contributed by atoms with E-state index in [1.807, 2.05) is 25.1 Å². The van der Waals surface area contributed by atoms with Crippen molar-refractivity contribution in [2.75, 3.05) is 32.7 Å². The number of carbonyl (C=O) groups excluding carboxylic acids is 2. The zero-order valence-electron chi connectivity index (χ0n) is 19.7. The maximum Gasteiger partial charge on any atom is 0.255 e. The van der Waals surface area contributed by atoms with Crippen molar-refractivity contribution in [1.82, 2.24) is 5.32 Å². The first-order valence-corrected chi connectivity index (χ1v) is 11.2. The standard InChI is InChI=1S/C27H30N2O5/c1-4-17-34-21-12-10-20(11-13-21)26(30)29-23-8-6-5-7-22(23)27(31)28-16-15-19-9-14-24(32-2)25(18-19)33-3/h5-14,18H,4,15-17H2,1-3H3,(H,28,31)(H,29,30). The number of carbonyl (C=O) groups is 2. The van der Waals surface area contributed by atoms with Gasteiger partial charge >= 0.3 is 0 Å². The molecule has 2 amide bonds. The molecule has 0 heterocycles. The first kappa shape index (κ1) is 24.6. The molecule has 0 radical (unpaired) electrons. The number of methoxy groups -OCH3 is 2. The van der Waals surface area contributed by atoms with E-state index < -0.39 is 0 Å². The molecule has 3 rings (SSSR count). The normalized spacial score (nSPS) is 10.3. The average molecular weight is 463 g/mol. The number of nitrogens with one attached hydrogen (secondary N) is 2. The Balaban J connectivity index is 1.60. The van der Waals surface area contributed by atoms with E-state index in [9.17, 15) is 9.59 Å². The number of rotatable bonds is 11. The largest absolute Gasteiger partial charge is 0.494 e. The van der Waals surface area contributed by atoms with Gasteiger partial charge in [0.25, 0.3) is 11.8 Å². The molecule has 0 spiro atoms. The maximum atomic E-state index is 12.8. The van der Waals surface area contributed by atoms with Crippen molar-refractivity contribution in [2.24, 2.45) is 0 Å². The molecule has 0 aliphatic carbocycles. The second kappa shape index (κ2) is 12.3. The van der Waals surface area contributed by atoms with Crippen LogP contribution in [0.4, 0.5) is 5.69 Å². The Hall–Kier alpha value is -4.00. The second-order valence-electron chi connectivity index (χ2n) is 7.57. The van der Waals surface area contributed by atoms with Crippen molar-refractivity contribution in [2.45, 2.75) is 19.8 Å². The van der Waals surface area contributed by atoms with Gasteiger partial charge in [0.15, 0.2) is 11.5 Å². The Morgan fingerprint density at radius 3 is 2.29 bits per heavy atom. The number of benzene rings is 3. The highest BCUT2D eigenvalue weighted by Gasteiger charge is 2.14. The van der Waals surface area contributed by atoms with Gasteiger partial charge in [-0.3, -0.25) is 9.59 Å². The summed E-state index contributed by atoms with van der Waals surface area (Å²) in [5.74, 6) is 1.45. The summed E-state index contributed by atoms with van der Waals surface area (Å²) < 4.78 is 16.1. The fourth-order valence-corrected chi connectivity index (χ4v) is 3.36. The van der Waals surface area contributed by atoms with E-state index in [1.54, 1.807) is 62.8 Å². The van der Waals surface area contributed by atoms with Gasteiger partial charge in [-0.1, -0.05) is 25.1 Å². The van der Waals surface area contributed by atoms with Gasteiger partial charge in [-0.2, -0.15) is 0 Å². The van der Waals surface area contributed by atoms with Gasteiger partial charge < -0.3 is 24.8 Å². The number of para-hydroxylation sites is 1. The van der Waals surface area contributed by atoms with E-state index in [-0.39, 0.29) is 11.8 Å². The molecule has 0 unspecified atom stereocenters. The third-order valence-electron chi connectivity index (χ3n) is 5.16. The van der Waals surface area contributed by atoms with Gasteiger partial charge in [-0.05, 0) is 66.9 Å². The average Bonchev–Trinajstić information content (AvgIpc) is 2.87. The van der Waals surface area contributed by atoms with Crippen LogP contribution >= 0.6 is 0 Å². The van der Waals surface area contributed by atoms with Crippen LogP contribution in [0.2, 0.25) is 0 Å². The highest BCUT2D eigenvalue weighted by atomic mass is 16.5. The molecule has 3 aromatic rings. The summed E-state index contributed by atoms with van der Waals surface area (Å²) in [7, 11) is 3.17. The molecule has 0 aromatic heterocycles. The number of hydrogen-bond acceptors (Lipinski definition) is 5. The molecule has 7 heteroatoms. The molecular formula is C27H30N2O5. The summed E-state index contributed by atoms with van der Waals surface area (Å²) in [6.07, 6.45) is 1.53.